The number of primary amides is 1. The van der Waals surface area contributed by atoms with Crippen LogP contribution in [-0.4, -0.2) is 29.6 Å². The summed E-state index contributed by atoms with van der Waals surface area (Å²) in [6, 6.07) is 4.09. The first-order valence-electron chi connectivity index (χ1n) is 5.58. The highest BCUT2D eigenvalue weighted by Crippen LogP contribution is 2.24. The average molecular weight is 319 g/mol. The molecular weight excluding hydrogens is 306 g/mol. The second-order valence-electron chi connectivity index (χ2n) is 4.43. The van der Waals surface area contributed by atoms with Crippen molar-refractivity contribution >= 4 is 21.8 Å². The first-order chi connectivity index (χ1) is 8.47. The van der Waals surface area contributed by atoms with E-state index in [0.717, 1.165) is 0 Å². The molecule has 1 aliphatic heterocycles. The summed E-state index contributed by atoms with van der Waals surface area (Å²) < 4.78 is 27.0. The lowest BCUT2D eigenvalue weighted by Crippen LogP contribution is -2.39. The molecule has 18 heavy (non-hydrogen) atoms. The molecule has 0 bridgehead atoms. The summed E-state index contributed by atoms with van der Waals surface area (Å²) in [5.41, 5.74) is 5.92. The number of carbonyl (C=O) groups is 1. The van der Waals surface area contributed by atoms with Gasteiger partial charge in [-0.3, -0.25) is 9.69 Å². The fourth-order valence-corrected chi connectivity index (χ4v) is 2.44. The predicted molar refractivity (Wildman–Crippen MR) is 67.0 cm³/mol. The van der Waals surface area contributed by atoms with Gasteiger partial charge in [-0.1, -0.05) is 6.07 Å². The van der Waals surface area contributed by atoms with Gasteiger partial charge in [-0.05, 0) is 33.6 Å². The highest BCUT2D eigenvalue weighted by Gasteiger charge is 2.35. The molecular formula is C12H13BrF2N2O. The van der Waals surface area contributed by atoms with E-state index < -0.39 is 18.1 Å². The number of hydrogen-bond acceptors (Lipinski definition) is 2. The van der Waals surface area contributed by atoms with E-state index in [1.807, 2.05) is 0 Å². The minimum atomic E-state index is -1.05. The molecule has 2 N–H and O–H groups in total. The topological polar surface area (TPSA) is 46.3 Å². The number of halogens is 3. The van der Waals surface area contributed by atoms with Crippen LogP contribution in [0.4, 0.5) is 8.78 Å². The van der Waals surface area contributed by atoms with Gasteiger partial charge < -0.3 is 5.73 Å². The largest absolute Gasteiger partial charge is 0.368 e. The predicted octanol–water partition coefficient (Wildman–Crippen LogP) is 1.99. The molecule has 1 aromatic carbocycles. The molecule has 1 fully saturated rings. The van der Waals surface area contributed by atoms with Crippen molar-refractivity contribution in [2.45, 2.75) is 25.2 Å². The lowest BCUT2D eigenvalue weighted by atomic mass is 10.1. The summed E-state index contributed by atoms with van der Waals surface area (Å²) in [5.74, 6) is -0.910. The SMILES string of the molecule is NC(=O)[C@@H]1C[C@@H](F)CN1Cc1ccc(Br)c(F)c1. The van der Waals surface area contributed by atoms with Crippen molar-refractivity contribution < 1.29 is 13.6 Å². The van der Waals surface area contributed by atoms with Crippen LogP contribution in [0, 0.1) is 5.82 Å². The molecule has 0 aromatic heterocycles. The van der Waals surface area contributed by atoms with Gasteiger partial charge >= 0.3 is 0 Å². The Morgan fingerprint density at radius 2 is 2.28 bits per heavy atom. The molecule has 2 atom stereocenters. The number of amides is 1. The summed E-state index contributed by atoms with van der Waals surface area (Å²) in [6.45, 7) is 0.476. The number of carbonyl (C=O) groups excluding carboxylic acids is 1. The molecule has 1 amide bonds. The van der Waals surface area contributed by atoms with Gasteiger partial charge in [0.1, 0.15) is 12.0 Å². The van der Waals surface area contributed by atoms with Crippen molar-refractivity contribution in [1.82, 2.24) is 4.90 Å². The van der Waals surface area contributed by atoms with Crippen LogP contribution in [0.2, 0.25) is 0 Å². The molecule has 0 radical (unpaired) electrons. The van der Waals surface area contributed by atoms with E-state index in [0.29, 0.717) is 16.6 Å². The molecule has 0 aliphatic carbocycles. The van der Waals surface area contributed by atoms with Crippen LogP contribution in [0.15, 0.2) is 22.7 Å². The molecule has 2 rings (SSSR count). The lowest BCUT2D eigenvalue weighted by molar-refractivity contribution is -0.122. The Morgan fingerprint density at radius 3 is 2.89 bits per heavy atom. The number of alkyl halides is 1. The lowest BCUT2D eigenvalue weighted by Gasteiger charge is -2.21. The van der Waals surface area contributed by atoms with E-state index >= 15 is 0 Å². The van der Waals surface area contributed by atoms with Crippen molar-refractivity contribution in [2.75, 3.05) is 6.54 Å². The zero-order valence-corrected chi connectivity index (χ0v) is 11.2. The summed E-state index contributed by atoms with van der Waals surface area (Å²) in [6.07, 6.45) is -0.934. The first-order valence-corrected chi connectivity index (χ1v) is 6.38. The summed E-state index contributed by atoms with van der Waals surface area (Å²) in [5, 5.41) is 0. The van der Waals surface area contributed by atoms with Crippen LogP contribution in [0.3, 0.4) is 0 Å². The fourth-order valence-electron chi connectivity index (χ4n) is 2.19. The van der Waals surface area contributed by atoms with Gasteiger partial charge in [-0.15, -0.1) is 0 Å². The number of likely N-dealkylation sites (tertiary alicyclic amines) is 1. The van der Waals surface area contributed by atoms with Gasteiger partial charge in [0.15, 0.2) is 0 Å². The minimum Gasteiger partial charge on any atom is -0.368 e. The minimum absolute atomic E-state index is 0.119. The molecule has 98 valence electrons. The van der Waals surface area contributed by atoms with Crippen molar-refractivity contribution in [3.63, 3.8) is 0 Å². The Kier molecular flexibility index (Phi) is 3.97. The van der Waals surface area contributed by atoms with E-state index in [1.54, 1.807) is 17.0 Å². The molecule has 0 spiro atoms. The first kappa shape index (κ1) is 13.4. The summed E-state index contributed by atoms with van der Waals surface area (Å²) in [4.78, 5) is 12.8. The third kappa shape index (κ3) is 2.87. The smallest absolute Gasteiger partial charge is 0.234 e. The molecule has 6 heteroatoms. The van der Waals surface area contributed by atoms with Crippen LogP contribution >= 0.6 is 15.9 Å². The summed E-state index contributed by atoms with van der Waals surface area (Å²) >= 11 is 3.06. The van der Waals surface area contributed by atoms with E-state index in [1.165, 1.54) is 6.07 Å². The Balaban J connectivity index is 2.12. The fraction of sp³-hybridized carbons (Fsp3) is 0.417. The Bertz CT molecular complexity index is 469. The third-order valence-electron chi connectivity index (χ3n) is 3.05. The number of benzene rings is 1. The van der Waals surface area contributed by atoms with Crippen LogP contribution < -0.4 is 5.73 Å². The summed E-state index contributed by atoms with van der Waals surface area (Å²) in [7, 11) is 0. The monoisotopic (exact) mass is 318 g/mol. The highest BCUT2D eigenvalue weighted by molar-refractivity contribution is 9.10. The van der Waals surface area contributed by atoms with Crippen LogP contribution in [0.25, 0.3) is 0 Å². The van der Waals surface area contributed by atoms with Gasteiger partial charge in [0, 0.05) is 19.5 Å². The van der Waals surface area contributed by atoms with Gasteiger partial charge in [-0.2, -0.15) is 0 Å². The molecule has 1 aliphatic rings. The van der Waals surface area contributed by atoms with Crippen LogP contribution in [0.1, 0.15) is 12.0 Å². The Hall–Kier alpha value is -1.01. The zero-order valence-electron chi connectivity index (χ0n) is 9.57. The van der Waals surface area contributed by atoms with E-state index in [-0.39, 0.29) is 18.8 Å². The van der Waals surface area contributed by atoms with Crippen molar-refractivity contribution in [3.8, 4) is 0 Å². The van der Waals surface area contributed by atoms with Gasteiger partial charge in [0.2, 0.25) is 5.91 Å². The number of hydrogen-bond donors (Lipinski definition) is 1. The number of nitrogens with two attached hydrogens (primary N) is 1. The standard InChI is InChI=1S/C12H13BrF2N2O/c13-9-2-1-7(3-10(9)15)5-17-6-8(14)4-11(17)12(16)18/h1-3,8,11H,4-6H2,(H2,16,18)/t8-,11+/m1/s1. The maximum Gasteiger partial charge on any atom is 0.234 e. The maximum atomic E-state index is 13.4. The molecule has 3 nitrogen and oxygen atoms in total. The molecule has 1 heterocycles. The second kappa shape index (κ2) is 5.32. The molecule has 0 unspecified atom stereocenters. The van der Waals surface area contributed by atoms with Crippen molar-refractivity contribution in [1.29, 1.82) is 0 Å². The van der Waals surface area contributed by atoms with Gasteiger partial charge in [0.05, 0.1) is 10.5 Å². The van der Waals surface area contributed by atoms with E-state index in [2.05, 4.69) is 15.9 Å². The number of rotatable bonds is 3. The third-order valence-corrected chi connectivity index (χ3v) is 3.69. The van der Waals surface area contributed by atoms with E-state index in [4.69, 9.17) is 5.73 Å². The van der Waals surface area contributed by atoms with Gasteiger partial charge in [-0.25, -0.2) is 8.78 Å². The Labute approximate surface area is 112 Å². The number of nitrogens with zero attached hydrogens (tertiary/aromatic N) is 1. The second-order valence-corrected chi connectivity index (χ2v) is 5.28. The van der Waals surface area contributed by atoms with E-state index in [9.17, 15) is 13.6 Å². The average Bonchev–Trinajstić information content (AvgIpc) is 2.65. The molecule has 0 saturated carbocycles. The maximum absolute atomic E-state index is 13.4. The molecule has 1 aromatic rings. The van der Waals surface area contributed by atoms with Crippen molar-refractivity contribution in [3.05, 3.63) is 34.1 Å². The zero-order chi connectivity index (χ0) is 13.3. The van der Waals surface area contributed by atoms with Crippen molar-refractivity contribution in [2.24, 2.45) is 5.73 Å². The quantitative estimate of drug-likeness (QED) is 0.926. The normalized spacial score (nSPS) is 24.4. The van der Waals surface area contributed by atoms with Crippen LogP contribution in [-0.2, 0) is 11.3 Å². The van der Waals surface area contributed by atoms with Gasteiger partial charge in [0.25, 0.3) is 0 Å². The Morgan fingerprint density at radius 1 is 1.56 bits per heavy atom. The highest BCUT2D eigenvalue weighted by atomic mass is 79.9. The molecule has 1 saturated heterocycles. The van der Waals surface area contributed by atoms with Crippen LogP contribution in [0.5, 0.6) is 0 Å².